The molecule has 2 unspecified atom stereocenters. The molecule has 0 spiro atoms. The van der Waals surface area contributed by atoms with E-state index in [4.69, 9.17) is 0 Å². The van der Waals surface area contributed by atoms with Crippen molar-refractivity contribution in [2.24, 2.45) is 13.0 Å². The van der Waals surface area contributed by atoms with Crippen LogP contribution in [0.25, 0.3) is 0 Å². The zero-order valence-electron chi connectivity index (χ0n) is 13.5. The molecule has 0 aliphatic rings. The minimum absolute atomic E-state index is 0.0352. The van der Waals surface area contributed by atoms with Gasteiger partial charge in [-0.1, -0.05) is 27.7 Å². The quantitative estimate of drug-likeness (QED) is 0.643. The lowest BCUT2D eigenvalue weighted by Crippen LogP contribution is -2.33. The second-order valence-electron chi connectivity index (χ2n) is 6.00. The monoisotopic (exact) mass is 282 g/mol. The van der Waals surface area contributed by atoms with Crippen molar-refractivity contribution in [3.63, 3.8) is 0 Å². The lowest BCUT2D eigenvalue weighted by molar-refractivity contribution is -0.386. The van der Waals surface area contributed by atoms with Crippen molar-refractivity contribution in [3.05, 3.63) is 21.5 Å². The molecule has 6 heteroatoms. The fraction of sp³-hybridized carbons (Fsp3) is 0.786. The topological polar surface area (TPSA) is 73.0 Å². The first kappa shape index (κ1) is 16.6. The normalized spacial score (nSPS) is 14.8. The molecule has 20 heavy (non-hydrogen) atoms. The number of aryl methyl sites for hydroxylation is 1. The van der Waals surface area contributed by atoms with Crippen LogP contribution in [0.15, 0.2) is 0 Å². The fourth-order valence-corrected chi connectivity index (χ4v) is 2.81. The van der Waals surface area contributed by atoms with Crippen molar-refractivity contribution in [1.29, 1.82) is 0 Å². The third kappa shape index (κ3) is 3.00. The van der Waals surface area contributed by atoms with Gasteiger partial charge in [-0.2, -0.15) is 5.10 Å². The van der Waals surface area contributed by atoms with Crippen LogP contribution in [0, 0.1) is 16.0 Å². The lowest BCUT2D eigenvalue weighted by atomic mass is 9.85. The maximum absolute atomic E-state index is 11.5. The van der Waals surface area contributed by atoms with Crippen molar-refractivity contribution in [1.82, 2.24) is 15.1 Å². The maximum Gasteiger partial charge on any atom is 0.313 e. The van der Waals surface area contributed by atoms with E-state index in [1.165, 1.54) is 0 Å². The van der Waals surface area contributed by atoms with E-state index in [9.17, 15) is 10.1 Å². The van der Waals surface area contributed by atoms with Crippen LogP contribution in [0.1, 0.15) is 57.8 Å². The first-order valence-corrected chi connectivity index (χ1v) is 7.10. The molecule has 1 aromatic heterocycles. The maximum atomic E-state index is 11.5. The third-order valence-electron chi connectivity index (χ3n) is 3.85. The summed E-state index contributed by atoms with van der Waals surface area (Å²) in [5, 5.41) is 19.1. The van der Waals surface area contributed by atoms with Gasteiger partial charge in [0.25, 0.3) is 0 Å². The second-order valence-corrected chi connectivity index (χ2v) is 6.00. The zero-order chi connectivity index (χ0) is 15.6. The van der Waals surface area contributed by atoms with Crippen LogP contribution >= 0.6 is 0 Å². The Kier molecular flexibility index (Phi) is 5.28. The van der Waals surface area contributed by atoms with Crippen LogP contribution in [0.4, 0.5) is 5.69 Å². The van der Waals surface area contributed by atoms with Crippen molar-refractivity contribution in [3.8, 4) is 0 Å². The first-order valence-electron chi connectivity index (χ1n) is 7.10. The summed E-state index contributed by atoms with van der Waals surface area (Å²) in [5.41, 5.74) is 1.47. The highest BCUT2D eigenvalue weighted by atomic mass is 16.6. The molecule has 1 heterocycles. The highest BCUT2D eigenvalue weighted by molar-refractivity contribution is 5.45. The van der Waals surface area contributed by atoms with Gasteiger partial charge in [-0.05, 0) is 19.9 Å². The summed E-state index contributed by atoms with van der Waals surface area (Å²) >= 11 is 0. The Morgan fingerprint density at radius 2 is 1.80 bits per heavy atom. The van der Waals surface area contributed by atoms with E-state index >= 15 is 0 Å². The molecule has 0 aromatic carbocycles. The molecule has 0 saturated heterocycles. The van der Waals surface area contributed by atoms with E-state index in [1.54, 1.807) is 11.7 Å². The van der Waals surface area contributed by atoms with Gasteiger partial charge in [0, 0.05) is 24.9 Å². The van der Waals surface area contributed by atoms with Crippen LogP contribution in [-0.4, -0.2) is 27.8 Å². The molecule has 0 aliphatic carbocycles. The molecule has 114 valence electrons. The lowest BCUT2D eigenvalue weighted by Gasteiger charge is -2.26. The Labute approximate surface area is 120 Å². The van der Waals surface area contributed by atoms with E-state index in [1.807, 2.05) is 20.9 Å². The predicted octanol–water partition coefficient (Wildman–Crippen LogP) is 2.80. The minimum Gasteiger partial charge on any atom is -0.317 e. The Morgan fingerprint density at radius 3 is 2.15 bits per heavy atom. The fourth-order valence-electron chi connectivity index (χ4n) is 2.81. The highest BCUT2D eigenvalue weighted by Crippen LogP contribution is 2.38. The number of nitrogens with zero attached hydrogens (tertiary/aromatic N) is 3. The zero-order valence-corrected chi connectivity index (χ0v) is 13.5. The second kappa shape index (κ2) is 6.35. The Morgan fingerprint density at radius 1 is 1.25 bits per heavy atom. The predicted molar refractivity (Wildman–Crippen MR) is 80.1 cm³/mol. The molecule has 0 bridgehead atoms. The highest BCUT2D eigenvalue weighted by Gasteiger charge is 2.36. The molecule has 0 aliphatic heterocycles. The average Bonchev–Trinajstić information content (AvgIpc) is 2.67. The Bertz CT molecular complexity index is 480. The van der Waals surface area contributed by atoms with Gasteiger partial charge in [-0.15, -0.1) is 0 Å². The summed E-state index contributed by atoms with van der Waals surface area (Å²) in [5.74, 6) is 0.366. The summed E-state index contributed by atoms with van der Waals surface area (Å²) in [4.78, 5) is 11.2. The summed E-state index contributed by atoms with van der Waals surface area (Å²) in [6.07, 6.45) is 0. The molecule has 0 saturated carbocycles. The van der Waals surface area contributed by atoms with Gasteiger partial charge in [0.1, 0.15) is 11.4 Å². The third-order valence-corrected chi connectivity index (χ3v) is 3.85. The van der Waals surface area contributed by atoms with Crippen LogP contribution < -0.4 is 5.32 Å². The number of aromatic nitrogens is 2. The SMILES string of the molecule is CNC(C)C(c1c([N+](=O)[O-])c(C(C)C)nn1C)C(C)C. The van der Waals surface area contributed by atoms with Gasteiger partial charge in [0.05, 0.1) is 4.92 Å². The number of rotatable bonds is 6. The molecular weight excluding hydrogens is 256 g/mol. The van der Waals surface area contributed by atoms with Gasteiger partial charge in [0.15, 0.2) is 0 Å². The van der Waals surface area contributed by atoms with Gasteiger partial charge in [-0.3, -0.25) is 14.8 Å². The standard InChI is InChI=1S/C14H26N4O2/c1-8(2)11(10(5)15-6)13-14(18(19)20)12(9(3)4)16-17(13)7/h8-11,15H,1-7H3. The molecule has 6 nitrogen and oxygen atoms in total. The van der Waals surface area contributed by atoms with E-state index in [-0.39, 0.29) is 34.4 Å². The van der Waals surface area contributed by atoms with Gasteiger partial charge in [-0.25, -0.2) is 0 Å². The summed E-state index contributed by atoms with van der Waals surface area (Å²) in [6.45, 7) is 10.1. The average molecular weight is 282 g/mol. The van der Waals surface area contributed by atoms with Gasteiger partial charge in [0.2, 0.25) is 0 Å². The van der Waals surface area contributed by atoms with Gasteiger partial charge < -0.3 is 5.32 Å². The van der Waals surface area contributed by atoms with Crippen molar-refractivity contribution >= 4 is 5.69 Å². The largest absolute Gasteiger partial charge is 0.317 e. The molecule has 1 rings (SSSR count). The number of likely N-dealkylation sites (N-methyl/N-ethyl adjacent to an activating group) is 1. The number of nitro groups is 1. The van der Waals surface area contributed by atoms with Crippen LogP contribution in [0.2, 0.25) is 0 Å². The Hall–Kier alpha value is -1.43. The van der Waals surface area contributed by atoms with Crippen LogP contribution in [-0.2, 0) is 7.05 Å². The van der Waals surface area contributed by atoms with Crippen LogP contribution in [0.5, 0.6) is 0 Å². The van der Waals surface area contributed by atoms with E-state index in [0.29, 0.717) is 5.69 Å². The summed E-state index contributed by atoms with van der Waals surface area (Å²) < 4.78 is 1.69. The van der Waals surface area contributed by atoms with Crippen molar-refractivity contribution < 1.29 is 4.92 Å². The molecule has 0 amide bonds. The molecular formula is C14H26N4O2. The Balaban J connectivity index is 3.52. The smallest absolute Gasteiger partial charge is 0.313 e. The number of hydrogen-bond acceptors (Lipinski definition) is 4. The van der Waals surface area contributed by atoms with E-state index in [2.05, 4.69) is 31.2 Å². The molecule has 2 atom stereocenters. The molecule has 1 aromatic rings. The molecule has 0 radical (unpaired) electrons. The summed E-state index contributed by atoms with van der Waals surface area (Å²) in [6, 6.07) is 0.143. The minimum atomic E-state index is -0.282. The number of nitrogens with one attached hydrogen (secondary N) is 1. The summed E-state index contributed by atoms with van der Waals surface area (Å²) in [7, 11) is 3.68. The van der Waals surface area contributed by atoms with E-state index < -0.39 is 0 Å². The van der Waals surface area contributed by atoms with Gasteiger partial charge >= 0.3 is 5.69 Å². The molecule has 1 N–H and O–H groups in total. The van der Waals surface area contributed by atoms with Crippen LogP contribution in [0.3, 0.4) is 0 Å². The van der Waals surface area contributed by atoms with Crippen molar-refractivity contribution in [2.45, 2.75) is 52.5 Å². The number of hydrogen-bond donors (Lipinski definition) is 1. The van der Waals surface area contributed by atoms with E-state index in [0.717, 1.165) is 5.69 Å². The first-order chi connectivity index (χ1) is 9.22. The molecule has 0 fully saturated rings. The van der Waals surface area contributed by atoms with Crippen molar-refractivity contribution in [2.75, 3.05) is 7.05 Å².